The van der Waals surface area contributed by atoms with Crippen molar-refractivity contribution in [3.05, 3.63) is 68.5 Å². The summed E-state index contributed by atoms with van der Waals surface area (Å²) in [6.45, 7) is 1.68. The Morgan fingerprint density at radius 3 is 2.86 bits per heavy atom. The Bertz CT molecular complexity index is 1170. The van der Waals surface area contributed by atoms with Crippen LogP contribution in [0.4, 0.5) is 0 Å². The molecule has 0 aliphatic heterocycles. The van der Waals surface area contributed by atoms with E-state index in [2.05, 4.69) is 20.9 Å². The van der Waals surface area contributed by atoms with Gasteiger partial charge in [0.05, 0.1) is 29.5 Å². The number of thioether (sulfide) groups is 1. The van der Waals surface area contributed by atoms with Gasteiger partial charge in [-0.15, -0.1) is 0 Å². The molecule has 3 rings (SSSR count). The zero-order valence-corrected chi connectivity index (χ0v) is 17.2. The number of Topliss-reactive ketones (excluding diaryl/α,β-unsaturated/α-hetero) is 1. The molecule has 0 spiro atoms. The Morgan fingerprint density at radius 2 is 2.21 bits per heavy atom. The van der Waals surface area contributed by atoms with Gasteiger partial charge in [0, 0.05) is 10.2 Å². The van der Waals surface area contributed by atoms with E-state index in [0.717, 1.165) is 16.2 Å². The minimum Gasteiger partial charge on any atom is -0.467 e. The lowest BCUT2D eigenvalue weighted by molar-refractivity contribution is -0.112. The van der Waals surface area contributed by atoms with Crippen LogP contribution in [0.1, 0.15) is 12.7 Å². The van der Waals surface area contributed by atoms with Gasteiger partial charge < -0.3 is 10.2 Å². The van der Waals surface area contributed by atoms with Gasteiger partial charge in [0.15, 0.2) is 10.9 Å². The number of ketones is 1. The zero-order valence-electron chi connectivity index (χ0n) is 14.8. The number of nitrogens with two attached hydrogens (primary N) is 1. The summed E-state index contributed by atoms with van der Waals surface area (Å²) < 4.78 is 7.58. The van der Waals surface area contributed by atoms with Crippen LogP contribution in [0.3, 0.4) is 0 Å². The van der Waals surface area contributed by atoms with E-state index in [9.17, 15) is 9.59 Å². The van der Waals surface area contributed by atoms with Gasteiger partial charge in [-0.05, 0) is 37.3 Å². The van der Waals surface area contributed by atoms with Gasteiger partial charge in [-0.3, -0.25) is 14.2 Å². The topological polar surface area (TPSA) is 115 Å². The highest BCUT2D eigenvalue weighted by Crippen LogP contribution is 2.22. The predicted octanol–water partition coefficient (Wildman–Crippen LogP) is 3.22. The number of carbonyl (C=O) groups excluding carboxylic acids is 1. The van der Waals surface area contributed by atoms with Gasteiger partial charge in [0.25, 0.3) is 5.56 Å². The summed E-state index contributed by atoms with van der Waals surface area (Å²) in [7, 11) is 0. The molecule has 142 valence electrons. The molecular formula is C19H15BrN4O3S. The minimum atomic E-state index is -0.415. The molecule has 7 nitrogen and oxygen atoms in total. The van der Waals surface area contributed by atoms with Crippen LogP contribution in [0.15, 0.2) is 66.7 Å². The molecule has 28 heavy (non-hydrogen) atoms. The maximum Gasteiger partial charge on any atom is 0.262 e. The Balaban J connectivity index is 2.03. The summed E-state index contributed by atoms with van der Waals surface area (Å²) in [5.41, 5.74) is 5.94. The van der Waals surface area contributed by atoms with E-state index in [1.165, 1.54) is 17.8 Å². The first-order valence-corrected chi connectivity index (χ1v) is 9.93. The second-order valence-electron chi connectivity index (χ2n) is 5.91. The van der Waals surface area contributed by atoms with E-state index in [0.29, 0.717) is 21.8 Å². The van der Waals surface area contributed by atoms with Crippen molar-refractivity contribution >= 4 is 44.4 Å². The standard InChI is InChI=1S/C19H15BrN4O3S/c1-11(22)15(8-21)17(25)10-28-19-23-16-5-4-12(20)7-14(16)18(26)24(19)9-13-3-2-6-27-13/h2-7H,9-10,22H2,1H3/b15-11-. The number of hydrogen-bond acceptors (Lipinski definition) is 7. The Kier molecular flexibility index (Phi) is 6.02. The van der Waals surface area contributed by atoms with Gasteiger partial charge in [0.1, 0.15) is 17.4 Å². The summed E-state index contributed by atoms with van der Waals surface area (Å²) in [6.07, 6.45) is 1.52. The predicted molar refractivity (Wildman–Crippen MR) is 110 cm³/mol. The van der Waals surface area contributed by atoms with Crippen molar-refractivity contribution in [2.75, 3.05) is 5.75 Å². The van der Waals surface area contributed by atoms with Crippen molar-refractivity contribution in [1.29, 1.82) is 5.26 Å². The third-order valence-corrected chi connectivity index (χ3v) is 5.36. The molecule has 0 radical (unpaired) electrons. The Morgan fingerprint density at radius 1 is 1.43 bits per heavy atom. The van der Waals surface area contributed by atoms with Gasteiger partial charge in [-0.1, -0.05) is 27.7 Å². The Hall–Kier alpha value is -2.83. The van der Waals surface area contributed by atoms with Crippen molar-refractivity contribution in [1.82, 2.24) is 9.55 Å². The van der Waals surface area contributed by atoms with Crippen LogP contribution >= 0.6 is 27.7 Å². The monoisotopic (exact) mass is 458 g/mol. The molecule has 0 amide bonds. The first-order chi connectivity index (χ1) is 13.4. The maximum atomic E-state index is 13.1. The lowest BCUT2D eigenvalue weighted by Crippen LogP contribution is -2.24. The third kappa shape index (κ3) is 4.18. The molecule has 0 saturated carbocycles. The maximum absolute atomic E-state index is 13.1. The highest BCUT2D eigenvalue weighted by molar-refractivity contribution is 9.10. The summed E-state index contributed by atoms with van der Waals surface area (Å²) in [5, 5.41) is 9.90. The second-order valence-corrected chi connectivity index (χ2v) is 7.77. The van der Waals surface area contributed by atoms with Crippen molar-refractivity contribution < 1.29 is 9.21 Å². The summed E-state index contributed by atoms with van der Waals surface area (Å²) in [6, 6.07) is 10.5. The van der Waals surface area contributed by atoms with Crippen LogP contribution in [0.2, 0.25) is 0 Å². The number of hydrogen-bond donors (Lipinski definition) is 1. The smallest absolute Gasteiger partial charge is 0.262 e. The molecule has 2 aromatic heterocycles. The Labute approximate surface area is 173 Å². The molecule has 0 fully saturated rings. The number of rotatable bonds is 6. The summed E-state index contributed by atoms with van der Waals surface area (Å²) in [5.74, 6) is 0.105. The number of carbonyl (C=O) groups is 1. The number of halogens is 1. The second kappa shape index (κ2) is 8.46. The van der Waals surface area contributed by atoms with Crippen LogP contribution in [0.5, 0.6) is 0 Å². The van der Waals surface area contributed by atoms with Gasteiger partial charge in [-0.25, -0.2) is 4.98 Å². The fraction of sp³-hybridized carbons (Fsp3) is 0.158. The van der Waals surface area contributed by atoms with E-state index in [4.69, 9.17) is 15.4 Å². The number of aromatic nitrogens is 2. The molecule has 0 bridgehead atoms. The highest BCUT2D eigenvalue weighted by Gasteiger charge is 2.17. The van der Waals surface area contributed by atoms with E-state index < -0.39 is 5.78 Å². The lowest BCUT2D eigenvalue weighted by atomic mass is 10.2. The molecule has 2 heterocycles. The first-order valence-electron chi connectivity index (χ1n) is 8.15. The van der Waals surface area contributed by atoms with E-state index in [1.54, 1.807) is 30.3 Å². The number of furan rings is 1. The summed E-state index contributed by atoms with van der Waals surface area (Å²) in [4.78, 5) is 29.9. The number of allylic oxidation sites excluding steroid dienone is 2. The van der Waals surface area contributed by atoms with Gasteiger partial charge >= 0.3 is 0 Å². The SMILES string of the molecule is C/C(N)=C(\C#N)C(=O)CSc1nc2ccc(Br)cc2c(=O)n1Cc1ccco1. The molecular weight excluding hydrogens is 444 g/mol. The average Bonchev–Trinajstić information content (AvgIpc) is 3.16. The number of fused-ring (bicyclic) bond motifs is 1. The number of nitriles is 1. The van der Waals surface area contributed by atoms with E-state index in [1.807, 2.05) is 6.07 Å². The molecule has 9 heteroatoms. The molecule has 0 unspecified atom stereocenters. The molecule has 2 N–H and O–H groups in total. The van der Waals surface area contributed by atoms with Crippen LogP contribution in [-0.4, -0.2) is 21.1 Å². The largest absolute Gasteiger partial charge is 0.467 e. The van der Waals surface area contributed by atoms with Crippen LogP contribution in [0.25, 0.3) is 10.9 Å². The van der Waals surface area contributed by atoms with Crippen LogP contribution < -0.4 is 11.3 Å². The average molecular weight is 459 g/mol. The van der Waals surface area contributed by atoms with Crippen molar-refractivity contribution in [3.8, 4) is 6.07 Å². The van der Waals surface area contributed by atoms with Crippen molar-refractivity contribution in [3.63, 3.8) is 0 Å². The molecule has 0 aliphatic rings. The fourth-order valence-electron chi connectivity index (χ4n) is 2.55. The summed E-state index contributed by atoms with van der Waals surface area (Å²) >= 11 is 4.45. The molecule has 0 saturated heterocycles. The third-order valence-electron chi connectivity index (χ3n) is 3.89. The zero-order chi connectivity index (χ0) is 20.3. The van der Waals surface area contributed by atoms with Crippen molar-refractivity contribution in [2.45, 2.75) is 18.6 Å². The van der Waals surface area contributed by atoms with Crippen LogP contribution in [0, 0.1) is 11.3 Å². The van der Waals surface area contributed by atoms with Gasteiger partial charge in [-0.2, -0.15) is 5.26 Å². The van der Waals surface area contributed by atoms with E-state index >= 15 is 0 Å². The number of nitrogens with zero attached hydrogens (tertiary/aromatic N) is 3. The van der Waals surface area contributed by atoms with Crippen LogP contribution in [-0.2, 0) is 11.3 Å². The highest BCUT2D eigenvalue weighted by atomic mass is 79.9. The number of benzene rings is 1. The lowest BCUT2D eigenvalue weighted by Gasteiger charge is -2.12. The quantitative estimate of drug-likeness (QED) is 0.261. The van der Waals surface area contributed by atoms with Gasteiger partial charge in [0.2, 0.25) is 0 Å². The van der Waals surface area contributed by atoms with Crippen molar-refractivity contribution in [2.24, 2.45) is 5.73 Å². The van der Waals surface area contributed by atoms with E-state index in [-0.39, 0.29) is 29.1 Å². The minimum absolute atomic E-state index is 0.0654. The normalized spacial score (nSPS) is 11.9. The first kappa shape index (κ1) is 19.9. The molecule has 3 aromatic rings. The molecule has 1 aromatic carbocycles. The fourth-order valence-corrected chi connectivity index (χ4v) is 3.79. The molecule has 0 atom stereocenters. The molecule has 0 aliphatic carbocycles.